The van der Waals surface area contributed by atoms with Gasteiger partial charge in [0.1, 0.15) is 0 Å². The Labute approximate surface area is 81.8 Å². The minimum atomic E-state index is -2.03. The fourth-order valence-electron chi connectivity index (χ4n) is 1.24. The van der Waals surface area contributed by atoms with Gasteiger partial charge in [0, 0.05) is 0 Å². The number of aromatic nitrogens is 1. The average Bonchev–Trinajstić information content (AvgIpc) is 2.45. The average molecular weight is 282 g/mol. The molecule has 0 aliphatic heterocycles. The van der Waals surface area contributed by atoms with Crippen molar-refractivity contribution in [1.82, 2.24) is 4.98 Å². The van der Waals surface area contributed by atoms with Crippen LogP contribution >= 0.6 is 0 Å². The van der Waals surface area contributed by atoms with Crippen LogP contribution in [0.2, 0.25) is 14.8 Å². The normalized spacial score (nSPS) is 12.2. The van der Waals surface area contributed by atoms with Crippen LogP contribution in [0.1, 0.15) is 0 Å². The monoisotopic (exact) mass is 283 g/mol. The van der Waals surface area contributed by atoms with Gasteiger partial charge in [-0.2, -0.15) is 0 Å². The van der Waals surface area contributed by atoms with Crippen molar-refractivity contribution in [2.24, 2.45) is 0 Å². The summed E-state index contributed by atoms with van der Waals surface area (Å²) >= 11 is -2.03. The van der Waals surface area contributed by atoms with Crippen LogP contribution < -0.4 is 3.78 Å². The van der Waals surface area contributed by atoms with Crippen molar-refractivity contribution < 1.29 is 4.42 Å². The van der Waals surface area contributed by atoms with Crippen LogP contribution in [0.3, 0.4) is 0 Å². The molecule has 0 N–H and O–H groups in total. The number of hydrogen-bond donors (Lipinski definition) is 0. The fourth-order valence-corrected chi connectivity index (χ4v) is 4.05. The van der Waals surface area contributed by atoms with E-state index in [0.29, 0.717) is 0 Å². The third kappa shape index (κ3) is 1.72. The molecule has 0 fully saturated rings. The van der Waals surface area contributed by atoms with Gasteiger partial charge in [-0.3, -0.25) is 0 Å². The van der Waals surface area contributed by atoms with Crippen LogP contribution in [0.5, 0.6) is 0 Å². The summed E-state index contributed by atoms with van der Waals surface area (Å²) in [6.07, 6.45) is 1.81. The molecule has 0 atom stereocenters. The van der Waals surface area contributed by atoms with Gasteiger partial charge in [-0.1, -0.05) is 0 Å². The molecule has 68 valence electrons. The first-order chi connectivity index (χ1) is 6.07. The van der Waals surface area contributed by atoms with Crippen LogP contribution in [0.4, 0.5) is 0 Å². The van der Waals surface area contributed by atoms with E-state index >= 15 is 0 Å². The Morgan fingerprint density at radius 3 is 2.69 bits per heavy atom. The van der Waals surface area contributed by atoms with Gasteiger partial charge in [0.15, 0.2) is 0 Å². The maximum atomic E-state index is 5.76. The molecule has 0 spiro atoms. The number of rotatable bonds is 1. The zero-order valence-corrected chi connectivity index (χ0v) is 11.0. The molecule has 13 heavy (non-hydrogen) atoms. The molecule has 2 aromatic heterocycles. The van der Waals surface area contributed by atoms with Crippen molar-refractivity contribution in [2.45, 2.75) is 14.8 Å². The van der Waals surface area contributed by atoms with E-state index in [1.165, 1.54) is 3.78 Å². The summed E-state index contributed by atoms with van der Waals surface area (Å²) in [4.78, 5) is 11.3. The van der Waals surface area contributed by atoms with Crippen molar-refractivity contribution in [2.75, 3.05) is 0 Å². The minimum absolute atomic E-state index is 0.920. The van der Waals surface area contributed by atoms with Crippen molar-refractivity contribution in [1.29, 1.82) is 0 Å². The quantitative estimate of drug-likeness (QED) is 0.750. The summed E-state index contributed by atoms with van der Waals surface area (Å²) in [5.74, 6) is 0. The molecular weight excluding hydrogens is 269 g/mol. The Kier molecular flexibility index (Phi) is 2.10. The summed E-state index contributed by atoms with van der Waals surface area (Å²) in [6, 6.07) is 5.99. The van der Waals surface area contributed by atoms with E-state index in [1.807, 2.05) is 12.1 Å². The number of fused-ring (bicyclic) bond motifs is 1. The molecule has 2 nitrogen and oxygen atoms in total. The number of nitrogens with zero attached hydrogens (tertiary/aromatic N) is 1. The molecule has 0 radical (unpaired) electrons. The second kappa shape index (κ2) is 3.01. The summed E-state index contributed by atoms with van der Waals surface area (Å²) < 4.78 is 6.96. The second-order valence-electron chi connectivity index (χ2n) is 4.25. The molecule has 0 unspecified atom stereocenters. The molecular formula is C10H13NOSn. The SMILES string of the molecule is [CH3][Sn]([CH3])([CH3])[c]1cc2ncccc2o1. The third-order valence-electron chi connectivity index (χ3n) is 2.03. The Hall–Kier alpha value is -0.511. The molecule has 2 rings (SSSR count). The molecule has 2 heterocycles. The Bertz CT molecular complexity index is 395. The van der Waals surface area contributed by atoms with E-state index in [1.54, 1.807) is 6.20 Å². The molecule has 0 saturated heterocycles. The van der Waals surface area contributed by atoms with Crippen LogP contribution in [-0.4, -0.2) is 23.4 Å². The van der Waals surface area contributed by atoms with E-state index < -0.39 is 18.4 Å². The topological polar surface area (TPSA) is 26.0 Å². The second-order valence-corrected chi connectivity index (χ2v) is 18.5. The Morgan fingerprint density at radius 1 is 1.31 bits per heavy atom. The van der Waals surface area contributed by atoms with E-state index in [4.69, 9.17) is 4.42 Å². The molecule has 0 saturated carbocycles. The van der Waals surface area contributed by atoms with E-state index in [9.17, 15) is 0 Å². The molecule has 0 bridgehead atoms. The Balaban J connectivity index is 2.63. The van der Waals surface area contributed by atoms with Gasteiger partial charge in [0.05, 0.1) is 0 Å². The predicted octanol–water partition coefficient (Wildman–Crippen LogP) is 2.37. The molecule has 0 aromatic carbocycles. The fraction of sp³-hybridized carbons (Fsp3) is 0.300. The van der Waals surface area contributed by atoms with Gasteiger partial charge in [-0.05, 0) is 0 Å². The van der Waals surface area contributed by atoms with Gasteiger partial charge in [0.2, 0.25) is 0 Å². The van der Waals surface area contributed by atoms with Crippen LogP contribution in [-0.2, 0) is 0 Å². The summed E-state index contributed by atoms with van der Waals surface area (Å²) in [6.45, 7) is 0. The number of pyridine rings is 1. The molecule has 3 heteroatoms. The van der Waals surface area contributed by atoms with Gasteiger partial charge >= 0.3 is 81.9 Å². The van der Waals surface area contributed by atoms with Crippen LogP contribution in [0.15, 0.2) is 28.8 Å². The molecule has 0 aliphatic carbocycles. The van der Waals surface area contributed by atoms with E-state index in [-0.39, 0.29) is 0 Å². The van der Waals surface area contributed by atoms with Crippen molar-refractivity contribution in [3.8, 4) is 0 Å². The zero-order chi connectivity index (χ0) is 9.47. The summed E-state index contributed by atoms with van der Waals surface area (Å²) in [5.41, 5.74) is 1.91. The molecule has 0 amide bonds. The first-order valence-electron chi connectivity index (χ1n) is 4.42. The van der Waals surface area contributed by atoms with Gasteiger partial charge in [-0.25, -0.2) is 0 Å². The van der Waals surface area contributed by atoms with Gasteiger partial charge in [0.25, 0.3) is 0 Å². The number of furan rings is 1. The Morgan fingerprint density at radius 2 is 2.08 bits per heavy atom. The third-order valence-corrected chi connectivity index (χ3v) is 6.95. The van der Waals surface area contributed by atoms with Crippen molar-refractivity contribution >= 4 is 33.3 Å². The first-order valence-corrected chi connectivity index (χ1v) is 14.4. The summed E-state index contributed by atoms with van der Waals surface area (Å²) in [7, 11) is 0. The molecule has 2 aromatic rings. The zero-order valence-electron chi connectivity index (χ0n) is 8.16. The standard InChI is InChI=1S/C7H4NO.3CH3.Sn/c1-2-7-6(8-4-1)3-5-9-7;;;;/h1-4H;3*1H3;. The van der Waals surface area contributed by atoms with Crippen molar-refractivity contribution in [3.63, 3.8) is 0 Å². The first kappa shape index (κ1) is 9.06. The predicted molar refractivity (Wildman–Crippen MR) is 57.0 cm³/mol. The maximum absolute atomic E-state index is 5.76. The van der Waals surface area contributed by atoms with Gasteiger partial charge in [-0.15, -0.1) is 0 Å². The van der Waals surface area contributed by atoms with Crippen LogP contribution in [0, 0.1) is 0 Å². The van der Waals surface area contributed by atoms with Crippen LogP contribution in [0.25, 0.3) is 11.1 Å². The summed E-state index contributed by atoms with van der Waals surface area (Å²) in [5, 5.41) is 0. The van der Waals surface area contributed by atoms with Gasteiger partial charge < -0.3 is 0 Å². The number of hydrogen-bond acceptors (Lipinski definition) is 2. The van der Waals surface area contributed by atoms with Crippen molar-refractivity contribution in [3.05, 3.63) is 24.4 Å². The van der Waals surface area contributed by atoms with E-state index in [2.05, 4.69) is 25.9 Å². The van der Waals surface area contributed by atoms with E-state index in [0.717, 1.165) is 11.1 Å². The molecule has 0 aliphatic rings.